The first-order chi connectivity index (χ1) is 19.9. The van der Waals surface area contributed by atoms with E-state index in [-0.39, 0.29) is 17.8 Å². The monoisotopic (exact) mass is 588 g/mol. The number of nitrogens with zero attached hydrogens (tertiary/aromatic N) is 6. The molecule has 0 atom stereocenters. The molecule has 1 aromatic heterocycles. The molecule has 14 nitrogen and oxygen atoms in total. The van der Waals surface area contributed by atoms with Crippen LogP contribution in [-0.2, 0) is 4.79 Å². The molecular weight excluding hydrogens is 536 g/mol. The van der Waals surface area contributed by atoms with Gasteiger partial charge in [-0.1, -0.05) is 70.4 Å². The predicted octanol–water partition coefficient (Wildman–Crippen LogP) is 2.10. The topological polar surface area (TPSA) is 207 Å². The number of aliphatic carboxylic acids is 1. The lowest BCUT2D eigenvalue weighted by atomic mass is 10.1. The van der Waals surface area contributed by atoms with Crippen molar-refractivity contribution in [2.45, 2.75) is 96.8 Å². The van der Waals surface area contributed by atoms with Gasteiger partial charge in [0, 0.05) is 6.42 Å². The van der Waals surface area contributed by atoms with Crippen molar-refractivity contribution < 1.29 is 40.5 Å². The van der Waals surface area contributed by atoms with E-state index < -0.39 is 46.4 Å². The van der Waals surface area contributed by atoms with E-state index in [1.165, 1.54) is 70.6 Å². The molecule has 0 saturated carbocycles. The van der Waals surface area contributed by atoms with Crippen molar-refractivity contribution in [1.82, 2.24) is 15.0 Å². The summed E-state index contributed by atoms with van der Waals surface area (Å²) >= 11 is 0. The quantitative estimate of drug-likeness (QED) is 0.0524. The Morgan fingerprint density at radius 3 is 1.20 bits per heavy atom. The van der Waals surface area contributed by atoms with Crippen molar-refractivity contribution in [3.05, 3.63) is 12.2 Å². The Balaban J connectivity index is 0.000000782. The van der Waals surface area contributed by atoms with E-state index >= 15 is 0 Å². The van der Waals surface area contributed by atoms with Crippen LogP contribution >= 0.6 is 0 Å². The summed E-state index contributed by atoms with van der Waals surface area (Å²) in [5.41, 5.74) is 0. The molecule has 0 fully saturated rings. The molecule has 0 aliphatic rings. The number of hydrogen-bond acceptors (Lipinski definition) is 13. The zero-order valence-corrected chi connectivity index (χ0v) is 24.5. The van der Waals surface area contributed by atoms with Gasteiger partial charge in [-0.05, 0) is 32.1 Å². The molecule has 0 unspecified atom stereocenters. The van der Waals surface area contributed by atoms with Crippen LogP contribution in [0.1, 0.15) is 96.8 Å². The van der Waals surface area contributed by atoms with E-state index in [1.807, 2.05) is 0 Å². The molecule has 0 spiro atoms. The molecule has 0 radical (unpaired) electrons. The van der Waals surface area contributed by atoms with E-state index in [2.05, 4.69) is 34.0 Å². The van der Waals surface area contributed by atoms with Crippen LogP contribution < -0.4 is 14.7 Å². The third kappa shape index (κ3) is 18.4. The molecule has 41 heavy (non-hydrogen) atoms. The van der Waals surface area contributed by atoms with Gasteiger partial charge >= 0.3 is 5.97 Å². The lowest BCUT2D eigenvalue weighted by Crippen LogP contribution is -2.34. The summed E-state index contributed by atoms with van der Waals surface area (Å²) in [4.78, 5) is 24.8. The van der Waals surface area contributed by atoms with Crippen LogP contribution in [0.25, 0.3) is 0 Å². The van der Waals surface area contributed by atoms with Crippen LogP contribution in [-0.4, -0.2) is 97.1 Å². The van der Waals surface area contributed by atoms with Crippen molar-refractivity contribution in [2.75, 3.05) is 55.1 Å². The zero-order chi connectivity index (χ0) is 30.7. The summed E-state index contributed by atoms with van der Waals surface area (Å²) in [5, 5.41) is 63.2. The number of carboxylic acid groups (broad SMARTS) is 1. The number of aliphatic hydroxyl groups is 6. The number of carbonyl (C=O) groups is 1. The van der Waals surface area contributed by atoms with Crippen LogP contribution in [0.15, 0.2) is 12.2 Å². The standard InChI is InChI=1S/C18H34O2.C9H18N6O6/c1-2-3-4-5-6-7-8-9-10-11-12-13-14-15-16-17-18(19)20;16-1-13(2-17)7-10-8(14(3-18)4-19)12-9(11-7)15(5-20)6-21/h9-10H,2-8,11-17H2,1H3,(H,19,20);16-21H,1-6H2/b10-9-;. The molecule has 1 heterocycles. The van der Waals surface area contributed by atoms with Gasteiger partial charge in [-0.3, -0.25) is 19.5 Å². The molecule has 238 valence electrons. The minimum Gasteiger partial charge on any atom is -0.481 e. The van der Waals surface area contributed by atoms with Gasteiger partial charge in [-0.25, -0.2) is 0 Å². The fraction of sp³-hybridized carbons (Fsp3) is 0.778. The molecule has 1 aromatic rings. The van der Waals surface area contributed by atoms with Crippen molar-refractivity contribution in [3.63, 3.8) is 0 Å². The molecule has 0 aromatic carbocycles. The minimum atomic E-state index is -0.664. The van der Waals surface area contributed by atoms with Crippen LogP contribution in [0.2, 0.25) is 0 Å². The van der Waals surface area contributed by atoms with Gasteiger partial charge in [-0.2, -0.15) is 15.0 Å². The summed E-state index contributed by atoms with van der Waals surface area (Å²) < 4.78 is 0. The highest BCUT2D eigenvalue weighted by atomic mass is 16.4. The molecular formula is C27H52N6O8. The largest absolute Gasteiger partial charge is 0.481 e. The Hall–Kier alpha value is -2.62. The van der Waals surface area contributed by atoms with Crippen LogP contribution in [0.4, 0.5) is 17.8 Å². The SMILES string of the molecule is CCCCCCCC/C=C\CCCCCCCC(=O)O.OCN(CO)c1nc(N(CO)CO)nc(N(CO)CO)n1. The van der Waals surface area contributed by atoms with Gasteiger partial charge in [0.15, 0.2) is 0 Å². The third-order valence-corrected chi connectivity index (χ3v) is 6.13. The highest BCUT2D eigenvalue weighted by Gasteiger charge is 2.18. The highest BCUT2D eigenvalue weighted by Crippen LogP contribution is 2.18. The average molecular weight is 589 g/mol. The molecule has 0 aliphatic heterocycles. The number of allylic oxidation sites excluding steroid dienone is 2. The minimum absolute atomic E-state index is 0.168. The normalized spacial score (nSPS) is 10.9. The fourth-order valence-electron chi connectivity index (χ4n) is 3.63. The summed E-state index contributed by atoms with van der Waals surface area (Å²) in [6.45, 7) is -1.35. The van der Waals surface area contributed by atoms with E-state index in [0.717, 1.165) is 27.5 Å². The van der Waals surface area contributed by atoms with Crippen LogP contribution in [0.5, 0.6) is 0 Å². The molecule has 1 rings (SSSR count). The molecule has 7 N–H and O–H groups in total. The van der Waals surface area contributed by atoms with Gasteiger partial charge in [0.1, 0.15) is 40.4 Å². The number of carboxylic acids is 1. The first-order valence-corrected chi connectivity index (χ1v) is 14.4. The molecule has 0 bridgehead atoms. The lowest BCUT2D eigenvalue weighted by molar-refractivity contribution is -0.137. The lowest BCUT2D eigenvalue weighted by Gasteiger charge is -2.24. The Morgan fingerprint density at radius 1 is 0.561 bits per heavy atom. The van der Waals surface area contributed by atoms with Crippen molar-refractivity contribution >= 4 is 23.8 Å². The fourth-order valence-corrected chi connectivity index (χ4v) is 3.63. The number of rotatable bonds is 24. The Labute approximate surface area is 243 Å². The smallest absolute Gasteiger partial charge is 0.303 e. The number of aromatic nitrogens is 3. The van der Waals surface area contributed by atoms with Gasteiger partial charge in [0.2, 0.25) is 17.8 Å². The van der Waals surface area contributed by atoms with E-state index in [0.29, 0.717) is 6.42 Å². The summed E-state index contributed by atoms with van der Waals surface area (Å²) in [6.07, 6.45) is 21.2. The first-order valence-electron chi connectivity index (χ1n) is 14.4. The number of hydrogen-bond donors (Lipinski definition) is 7. The second-order valence-corrected chi connectivity index (χ2v) is 9.43. The maximum absolute atomic E-state index is 10.3. The second kappa shape index (κ2) is 26.3. The predicted molar refractivity (Wildman–Crippen MR) is 157 cm³/mol. The Kier molecular flexibility index (Phi) is 24.6. The van der Waals surface area contributed by atoms with E-state index in [9.17, 15) is 4.79 Å². The molecule has 0 amide bonds. The summed E-state index contributed by atoms with van der Waals surface area (Å²) in [7, 11) is 0. The Morgan fingerprint density at radius 2 is 0.878 bits per heavy atom. The van der Waals surface area contributed by atoms with Gasteiger partial charge < -0.3 is 35.7 Å². The summed E-state index contributed by atoms with van der Waals surface area (Å²) in [5.74, 6) is -1.17. The zero-order valence-electron chi connectivity index (χ0n) is 24.5. The van der Waals surface area contributed by atoms with Crippen molar-refractivity contribution in [3.8, 4) is 0 Å². The van der Waals surface area contributed by atoms with E-state index in [1.54, 1.807) is 0 Å². The van der Waals surface area contributed by atoms with Gasteiger partial charge in [0.25, 0.3) is 0 Å². The van der Waals surface area contributed by atoms with Crippen LogP contribution in [0.3, 0.4) is 0 Å². The average Bonchev–Trinajstić information content (AvgIpc) is 2.97. The maximum atomic E-state index is 10.3. The Bertz CT molecular complexity index is 719. The number of unbranched alkanes of at least 4 members (excludes halogenated alkanes) is 11. The van der Waals surface area contributed by atoms with Crippen molar-refractivity contribution in [2.24, 2.45) is 0 Å². The highest BCUT2D eigenvalue weighted by molar-refractivity contribution is 5.66. The third-order valence-electron chi connectivity index (χ3n) is 6.13. The first kappa shape index (κ1) is 38.4. The van der Waals surface area contributed by atoms with Crippen molar-refractivity contribution in [1.29, 1.82) is 0 Å². The maximum Gasteiger partial charge on any atom is 0.303 e. The second-order valence-electron chi connectivity index (χ2n) is 9.43. The number of aliphatic hydroxyl groups excluding tert-OH is 6. The van der Waals surface area contributed by atoms with E-state index in [4.69, 9.17) is 35.7 Å². The summed E-state index contributed by atoms with van der Waals surface area (Å²) in [6, 6.07) is 0. The van der Waals surface area contributed by atoms with Gasteiger partial charge in [-0.15, -0.1) is 0 Å². The molecule has 0 saturated heterocycles. The molecule has 14 heteroatoms. The van der Waals surface area contributed by atoms with Crippen LogP contribution in [0, 0.1) is 0 Å². The van der Waals surface area contributed by atoms with Gasteiger partial charge in [0.05, 0.1) is 0 Å². The number of anilines is 3. The molecule has 0 aliphatic carbocycles.